The van der Waals surface area contributed by atoms with Gasteiger partial charge in [-0.05, 0) is 18.9 Å². The molecule has 0 radical (unpaired) electrons. The highest BCUT2D eigenvalue weighted by Gasteiger charge is 2.28. The van der Waals surface area contributed by atoms with Crippen LogP contribution < -0.4 is 5.32 Å². The first-order chi connectivity index (χ1) is 12.0. The normalized spacial score (nSPS) is 18.9. The fourth-order valence-corrected chi connectivity index (χ4v) is 3.23. The summed E-state index contributed by atoms with van der Waals surface area (Å²) in [6, 6.07) is 11.0. The number of rotatable bonds is 5. The molecule has 0 unspecified atom stereocenters. The summed E-state index contributed by atoms with van der Waals surface area (Å²) in [6.45, 7) is 4.53. The Morgan fingerprint density at radius 1 is 1.40 bits per heavy atom. The third-order valence-electron chi connectivity index (χ3n) is 4.91. The minimum Gasteiger partial charge on any atom is -0.334 e. The summed E-state index contributed by atoms with van der Waals surface area (Å²) in [4.78, 5) is 20.6. The molecule has 7 heteroatoms. The first kappa shape index (κ1) is 17.4. The van der Waals surface area contributed by atoms with Crippen molar-refractivity contribution in [1.82, 2.24) is 29.9 Å². The van der Waals surface area contributed by atoms with Crippen molar-refractivity contribution in [1.29, 1.82) is 0 Å². The number of nitrogens with zero attached hydrogens (tertiary/aromatic N) is 5. The van der Waals surface area contributed by atoms with Gasteiger partial charge < -0.3 is 10.2 Å². The Hall–Kier alpha value is -2.41. The zero-order chi connectivity index (χ0) is 17.8. The maximum Gasteiger partial charge on any atom is 0.317 e. The number of benzene rings is 1. The Kier molecular flexibility index (Phi) is 5.33. The van der Waals surface area contributed by atoms with Crippen LogP contribution in [0.2, 0.25) is 0 Å². The maximum absolute atomic E-state index is 12.4. The van der Waals surface area contributed by atoms with Crippen molar-refractivity contribution in [2.45, 2.75) is 32.0 Å². The molecule has 134 valence electrons. The lowest BCUT2D eigenvalue weighted by atomic mass is 10.1. The van der Waals surface area contributed by atoms with Crippen molar-refractivity contribution in [3.8, 4) is 0 Å². The lowest BCUT2D eigenvalue weighted by Crippen LogP contribution is -2.44. The second kappa shape index (κ2) is 7.65. The minimum atomic E-state index is -0.0674. The first-order valence-corrected chi connectivity index (χ1v) is 8.68. The van der Waals surface area contributed by atoms with Gasteiger partial charge in [-0.25, -0.2) is 9.78 Å². The number of nitrogens with one attached hydrogen (secondary N) is 1. The van der Waals surface area contributed by atoms with Crippen molar-refractivity contribution in [2.75, 3.05) is 20.1 Å². The molecular weight excluding hydrogens is 316 g/mol. The highest BCUT2D eigenvalue weighted by Crippen LogP contribution is 2.24. The van der Waals surface area contributed by atoms with Crippen molar-refractivity contribution in [3.05, 3.63) is 48.0 Å². The van der Waals surface area contributed by atoms with Crippen molar-refractivity contribution < 1.29 is 4.79 Å². The van der Waals surface area contributed by atoms with E-state index < -0.39 is 0 Å². The number of carbonyl (C=O) groups excluding carboxylic acids is 1. The zero-order valence-corrected chi connectivity index (χ0v) is 15.1. The summed E-state index contributed by atoms with van der Waals surface area (Å²) in [7, 11) is 3.61. The number of aryl methyl sites for hydroxylation is 1. The molecule has 1 aromatic heterocycles. The molecule has 2 amide bonds. The van der Waals surface area contributed by atoms with Crippen LogP contribution in [0, 0.1) is 0 Å². The molecule has 1 aliphatic rings. The monoisotopic (exact) mass is 342 g/mol. The van der Waals surface area contributed by atoms with E-state index in [4.69, 9.17) is 0 Å². The summed E-state index contributed by atoms with van der Waals surface area (Å²) < 4.78 is 1.68. The predicted octanol–water partition coefficient (Wildman–Crippen LogP) is 1.79. The van der Waals surface area contributed by atoms with Crippen LogP contribution in [0.1, 0.15) is 30.8 Å². The van der Waals surface area contributed by atoms with Crippen molar-refractivity contribution in [3.63, 3.8) is 0 Å². The molecular formula is C18H26N6O. The van der Waals surface area contributed by atoms with E-state index in [1.54, 1.807) is 16.6 Å². The molecule has 1 N–H and O–H groups in total. The summed E-state index contributed by atoms with van der Waals surface area (Å²) in [5.74, 6) is 0.767. The molecule has 0 aliphatic carbocycles. The average molecular weight is 342 g/mol. The summed E-state index contributed by atoms with van der Waals surface area (Å²) in [5.41, 5.74) is 1.31. The van der Waals surface area contributed by atoms with Crippen molar-refractivity contribution in [2.24, 2.45) is 7.05 Å². The van der Waals surface area contributed by atoms with Crippen LogP contribution in [0.4, 0.5) is 4.79 Å². The molecule has 0 saturated carbocycles. The Balaban J connectivity index is 1.50. The third-order valence-corrected chi connectivity index (χ3v) is 4.91. The van der Waals surface area contributed by atoms with Crippen LogP contribution in [0.3, 0.4) is 0 Å². The van der Waals surface area contributed by atoms with Gasteiger partial charge in [0.25, 0.3) is 0 Å². The molecule has 7 nitrogen and oxygen atoms in total. The molecule has 2 atom stereocenters. The van der Waals surface area contributed by atoms with E-state index in [1.807, 2.05) is 13.1 Å². The van der Waals surface area contributed by atoms with E-state index in [2.05, 4.69) is 51.5 Å². The fraction of sp³-hybridized carbons (Fsp3) is 0.500. The van der Waals surface area contributed by atoms with Gasteiger partial charge in [0.2, 0.25) is 0 Å². The highest BCUT2D eigenvalue weighted by atomic mass is 16.2. The molecule has 1 aromatic carbocycles. The van der Waals surface area contributed by atoms with Crippen LogP contribution in [-0.4, -0.2) is 56.8 Å². The molecule has 3 rings (SSSR count). The maximum atomic E-state index is 12.4. The van der Waals surface area contributed by atoms with Crippen LogP contribution in [-0.2, 0) is 13.6 Å². The summed E-state index contributed by atoms with van der Waals surface area (Å²) >= 11 is 0. The van der Waals surface area contributed by atoms with Crippen LogP contribution >= 0.6 is 0 Å². The molecule has 1 aliphatic heterocycles. The van der Waals surface area contributed by atoms with Gasteiger partial charge in [0.15, 0.2) is 0 Å². The van der Waals surface area contributed by atoms with Gasteiger partial charge in [0.05, 0.1) is 6.54 Å². The zero-order valence-electron chi connectivity index (χ0n) is 15.1. The lowest BCUT2D eigenvalue weighted by Gasteiger charge is -2.25. The Bertz CT molecular complexity index is 701. The quantitative estimate of drug-likeness (QED) is 0.900. The van der Waals surface area contributed by atoms with Crippen molar-refractivity contribution >= 4 is 6.03 Å². The number of hydrogen-bond donors (Lipinski definition) is 1. The predicted molar refractivity (Wildman–Crippen MR) is 95.8 cm³/mol. The molecule has 1 fully saturated rings. The van der Waals surface area contributed by atoms with E-state index in [0.717, 1.165) is 25.3 Å². The number of hydrogen-bond acceptors (Lipinski definition) is 4. The topological polar surface area (TPSA) is 66.3 Å². The fourth-order valence-electron chi connectivity index (χ4n) is 3.23. The van der Waals surface area contributed by atoms with E-state index in [9.17, 15) is 4.79 Å². The second-order valence-electron chi connectivity index (χ2n) is 6.67. The van der Waals surface area contributed by atoms with E-state index in [0.29, 0.717) is 12.6 Å². The van der Waals surface area contributed by atoms with E-state index >= 15 is 0 Å². The smallest absolute Gasteiger partial charge is 0.317 e. The largest absolute Gasteiger partial charge is 0.334 e. The number of likely N-dealkylation sites (tertiary alicyclic amines) is 1. The van der Waals surface area contributed by atoms with Gasteiger partial charge in [-0.1, -0.05) is 30.3 Å². The number of carbonyl (C=O) groups is 1. The standard InChI is InChI=1S/C18H26N6O/c1-14(15-7-5-4-6-8-15)24-10-9-16(11-24)21-18(25)22(2)12-17-19-13-20-23(17)3/h4-8,13-14,16H,9-12H2,1-3H3,(H,21,25)/t14-,16-/m1/s1. The van der Waals surface area contributed by atoms with Gasteiger partial charge in [0.1, 0.15) is 12.2 Å². The van der Waals surface area contributed by atoms with Crippen LogP contribution in [0.25, 0.3) is 0 Å². The highest BCUT2D eigenvalue weighted by molar-refractivity contribution is 5.74. The second-order valence-corrected chi connectivity index (χ2v) is 6.67. The molecule has 25 heavy (non-hydrogen) atoms. The van der Waals surface area contributed by atoms with Crippen LogP contribution in [0.5, 0.6) is 0 Å². The number of amides is 2. The molecule has 0 bridgehead atoms. The van der Waals surface area contributed by atoms with E-state index in [1.165, 1.54) is 11.9 Å². The Labute approximate surface area is 148 Å². The van der Waals surface area contributed by atoms with Gasteiger partial charge >= 0.3 is 6.03 Å². The van der Waals surface area contributed by atoms with Gasteiger partial charge in [-0.2, -0.15) is 5.10 Å². The molecule has 0 spiro atoms. The number of urea groups is 1. The summed E-state index contributed by atoms with van der Waals surface area (Å²) in [6.07, 6.45) is 2.47. The minimum absolute atomic E-state index is 0.0674. The lowest BCUT2D eigenvalue weighted by molar-refractivity contribution is 0.199. The number of aromatic nitrogens is 3. The Morgan fingerprint density at radius 2 is 2.16 bits per heavy atom. The average Bonchev–Trinajstić information content (AvgIpc) is 3.24. The SMILES string of the molecule is C[C@H](c1ccccc1)N1CC[C@@H](NC(=O)N(C)Cc2ncnn2C)C1. The Morgan fingerprint density at radius 3 is 2.84 bits per heavy atom. The van der Waals surface area contributed by atoms with Crippen LogP contribution in [0.15, 0.2) is 36.7 Å². The molecule has 2 aromatic rings. The molecule has 1 saturated heterocycles. The summed E-state index contributed by atoms with van der Waals surface area (Å²) in [5, 5.41) is 7.17. The molecule has 2 heterocycles. The van der Waals surface area contributed by atoms with Gasteiger partial charge in [-0.15, -0.1) is 0 Å². The van der Waals surface area contributed by atoms with Gasteiger partial charge in [0, 0.05) is 39.3 Å². The van der Waals surface area contributed by atoms with E-state index in [-0.39, 0.29) is 12.1 Å². The first-order valence-electron chi connectivity index (χ1n) is 8.68. The van der Waals surface area contributed by atoms with Gasteiger partial charge in [-0.3, -0.25) is 9.58 Å². The third kappa shape index (κ3) is 4.17.